The lowest BCUT2D eigenvalue weighted by Crippen LogP contribution is -2.45. The minimum absolute atomic E-state index is 0.163. The predicted octanol–water partition coefficient (Wildman–Crippen LogP) is 1.80. The first-order valence-corrected chi connectivity index (χ1v) is 8.68. The summed E-state index contributed by atoms with van der Waals surface area (Å²) in [5, 5.41) is 3.36. The van der Waals surface area contributed by atoms with Gasteiger partial charge in [0, 0.05) is 37.9 Å². The Balaban J connectivity index is 1.54. The van der Waals surface area contributed by atoms with E-state index >= 15 is 0 Å². The van der Waals surface area contributed by atoms with Crippen LogP contribution in [0.4, 0.5) is 5.69 Å². The molecule has 1 N–H and O–H groups in total. The number of benzene rings is 1. The zero-order valence-electron chi connectivity index (χ0n) is 14.0. The Morgan fingerprint density at radius 3 is 2.70 bits per heavy atom. The number of anilines is 1. The molecule has 5 heteroatoms. The fourth-order valence-electron chi connectivity index (χ4n) is 3.25. The number of hydrogen-bond acceptors (Lipinski definition) is 4. The molecule has 0 aromatic heterocycles. The maximum Gasteiger partial charge on any atom is 0.236 e. The number of amides is 1. The molecule has 23 heavy (non-hydrogen) atoms. The standard InChI is InChI=1S/C18H27N3O2/c1-15(19-14-18(22)21-9-11-23-12-10-21)16-5-4-6-17(13-16)20-7-2-3-8-20/h4-6,13,15,19H,2-3,7-12,14H2,1H3. The van der Waals surface area contributed by atoms with Gasteiger partial charge in [-0.1, -0.05) is 12.1 Å². The molecule has 126 valence electrons. The van der Waals surface area contributed by atoms with E-state index in [0.29, 0.717) is 32.8 Å². The van der Waals surface area contributed by atoms with E-state index < -0.39 is 0 Å². The third kappa shape index (κ3) is 4.24. The van der Waals surface area contributed by atoms with Crippen molar-refractivity contribution in [2.24, 2.45) is 0 Å². The van der Waals surface area contributed by atoms with Gasteiger partial charge in [-0.2, -0.15) is 0 Å². The second-order valence-electron chi connectivity index (χ2n) is 6.38. The van der Waals surface area contributed by atoms with E-state index in [2.05, 4.69) is 41.4 Å². The highest BCUT2D eigenvalue weighted by atomic mass is 16.5. The lowest BCUT2D eigenvalue weighted by Gasteiger charge is -2.27. The number of carbonyl (C=O) groups excluding carboxylic acids is 1. The first-order chi connectivity index (χ1) is 11.2. The van der Waals surface area contributed by atoms with E-state index in [1.54, 1.807) is 0 Å². The largest absolute Gasteiger partial charge is 0.378 e. The van der Waals surface area contributed by atoms with Crippen LogP contribution in [0.25, 0.3) is 0 Å². The monoisotopic (exact) mass is 317 g/mol. The molecule has 1 aromatic rings. The smallest absolute Gasteiger partial charge is 0.236 e. The van der Waals surface area contributed by atoms with Crippen LogP contribution in [0.2, 0.25) is 0 Å². The number of morpholine rings is 1. The molecule has 0 bridgehead atoms. The minimum atomic E-state index is 0.163. The van der Waals surface area contributed by atoms with Crippen molar-refractivity contribution in [2.45, 2.75) is 25.8 Å². The number of hydrogen-bond donors (Lipinski definition) is 1. The third-order valence-corrected chi connectivity index (χ3v) is 4.76. The summed E-state index contributed by atoms with van der Waals surface area (Å²) in [4.78, 5) is 16.5. The van der Waals surface area contributed by atoms with E-state index in [0.717, 1.165) is 13.1 Å². The van der Waals surface area contributed by atoms with Gasteiger partial charge in [0.25, 0.3) is 0 Å². The molecule has 5 nitrogen and oxygen atoms in total. The molecule has 0 spiro atoms. The Morgan fingerprint density at radius 1 is 1.22 bits per heavy atom. The van der Waals surface area contributed by atoms with Crippen LogP contribution in [0.15, 0.2) is 24.3 Å². The Morgan fingerprint density at radius 2 is 1.96 bits per heavy atom. The van der Waals surface area contributed by atoms with Crippen LogP contribution in [-0.4, -0.2) is 56.7 Å². The molecule has 2 aliphatic rings. The highest BCUT2D eigenvalue weighted by Gasteiger charge is 2.18. The maximum atomic E-state index is 12.2. The quantitative estimate of drug-likeness (QED) is 0.899. The molecule has 2 heterocycles. The van der Waals surface area contributed by atoms with Gasteiger partial charge in [0.05, 0.1) is 19.8 Å². The van der Waals surface area contributed by atoms with E-state index in [1.807, 2.05) is 4.90 Å². The average Bonchev–Trinajstić information content (AvgIpc) is 3.15. The first-order valence-electron chi connectivity index (χ1n) is 8.68. The lowest BCUT2D eigenvalue weighted by atomic mass is 10.1. The van der Waals surface area contributed by atoms with Crippen molar-refractivity contribution in [2.75, 3.05) is 50.8 Å². The van der Waals surface area contributed by atoms with Crippen molar-refractivity contribution >= 4 is 11.6 Å². The molecular formula is C18H27N3O2. The Kier molecular flexibility index (Phi) is 5.51. The van der Waals surface area contributed by atoms with Gasteiger partial charge in [0.2, 0.25) is 5.91 Å². The molecule has 1 amide bonds. The maximum absolute atomic E-state index is 12.2. The van der Waals surface area contributed by atoms with Crippen molar-refractivity contribution in [3.8, 4) is 0 Å². The molecule has 1 atom stereocenters. The number of nitrogens with zero attached hydrogens (tertiary/aromatic N) is 2. The summed E-state index contributed by atoms with van der Waals surface area (Å²) in [5.41, 5.74) is 2.54. The normalized spacial score (nSPS) is 19.9. The molecule has 1 aromatic carbocycles. The summed E-state index contributed by atoms with van der Waals surface area (Å²) in [7, 11) is 0. The predicted molar refractivity (Wildman–Crippen MR) is 91.7 cm³/mol. The summed E-state index contributed by atoms with van der Waals surface area (Å²) in [6.45, 7) is 7.53. The summed E-state index contributed by atoms with van der Waals surface area (Å²) < 4.78 is 5.29. The topological polar surface area (TPSA) is 44.8 Å². The Hall–Kier alpha value is -1.59. The lowest BCUT2D eigenvalue weighted by molar-refractivity contribution is -0.134. The number of rotatable bonds is 5. The Bertz CT molecular complexity index is 523. The fraction of sp³-hybridized carbons (Fsp3) is 0.611. The van der Waals surface area contributed by atoms with E-state index in [1.165, 1.54) is 24.1 Å². The van der Waals surface area contributed by atoms with Gasteiger partial charge >= 0.3 is 0 Å². The molecule has 0 radical (unpaired) electrons. The van der Waals surface area contributed by atoms with Gasteiger partial charge in [-0.25, -0.2) is 0 Å². The first kappa shape index (κ1) is 16.3. The molecule has 0 saturated carbocycles. The van der Waals surface area contributed by atoms with Crippen LogP contribution in [-0.2, 0) is 9.53 Å². The highest BCUT2D eigenvalue weighted by molar-refractivity contribution is 5.78. The van der Waals surface area contributed by atoms with Crippen LogP contribution in [0.5, 0.6) is 0 Å². The fourth-order valence-corrected chi connectivity index (χ4v) is 3.25. The molecule has 1 unspecified atom stereocenters. The van der Waals surface area contributed by atoms with Crippen molar-refractivity contribution in [1.29, 1.82) is 0 Å². The second-order valence-corrected chi connectivity index (χ2v) is 6.38. The van der Waals surface area contributed by atoms with E-state index in [4.69, 9.17) is 4.74 Å². The molecule has 2 saturated heterocycles. The van der Waals surface area contributed by atoms with Crippen LogP contribution >= 0.6 is 0 Å². The van der Waals surface area contributed by atoms with E-state index in [9.17, 15) is 4.79 Å². The second kappa shape index (κ2) is 7.79. The molecule has 0 aliphatic carbocycles. The molecule has 2 fully saturated rings. The summed E-state index contributed by atoms with van der Waals surface area (Å²) >= 11 is 0. The Labute approximate surface area is 138 Å². The SMILES string of the molecule is CC(NCC(=O)N1CCOCC1)c1cccc(N2CCCC2)c1. The average molecular weight is 317 g/mol. The van der Waals surface area contributed by atoms with E-state index in [-0.39, 0.29) is 11.9 Å². The number of ether oxygens (including phenoxy) is 1. The molecule has 3 rings (SSSR count). The van der Waals surface area contributed by atoms with Crippen molar-refractivity contribution in [1.82, 2.24) is 10.2 Å². The van der Waals surface area contributed by atoms with Gasteiger partial charge in [-0.3, -0.25) is 4.79 Å². The molecule has 2 aliphatic heterocycles. The van der Waals surface area contributed by atoms with Crippen LogP contribution in [0, 0.1) is 0 Å². The van der Waals surface area contributed by atoms with Crippen LogP contribution < -0.4 is 10.2 Å². The number of nitrogens with one attached hydrogen (secondary N) is 1. The van der Waals surface area contributed by atoms with Gasteiger partial charge in [0.1, 0.15) is 0 Å². The zero-order chi connectivity index (χ0) is 16.1. The summed E-state index contributed by atoms with van der Waals surface area (Å²) in [5.74, 6) is 0.163. The summed E-state index contributed by atoms with van der Waals surface area (Å²) in [6.07, 6.45) is 2.57. The van der Waals surface area contributed by atoms with Crippen LogP contribution in [0.3, 0.4) is 0 Å². The van der Waals surface area contributed by atoms with Gasteiger partial charge in [-0.15, -0.1) is 0 Å². The zero-order valence-corrected chi connectivity index (χ0v) is 14.0. The van der Waals surface area contributed by atoms with Crippen molar-refractivity contribution in [3.05, 3.63) is 29.8 Å². The highest BCUT2D eigenvalue weighted by Crippen LogP contribution is 2.23. The van der Waals surface area contributed by atoms with Crippen LogP contribution in [0.1, 0.15) is 31.4 Å². The van der Waals surface area contributed by atoms with Gasteiger partial charge < -0.3 is 19.9 Å². The molecular weight excluding hydrogens is 290 g/mol. The van der Waals surface area contributed by atoms with Crippen molar-refractivity contribution in [3.63, 3.8) is 0 Å². The van der Waals surface area contributed by atoms with Gasteiger partial charge in [0.15, 0.2) is 0 Å². The van der Waals surface area contributed by atoms with Gasteiger partial charge in [-0.05, 0) is 37.5 Å². The summed E-state index contributed by atoms with van der Waals surface area (Å²) in [6, 6.07) is 8.85. The van der Waals surface area contributed by atoms with Crippen molar-refractivity contribution < 1.29 is 9.53 Å². The minimum Gasteiger partial charge on any atom is -0.378 e. The number of carbonyl (C=O) groups is 1. The third-order valence-electron chi connectivity index (χ3n) is 4.76.